The van der Waals surface area contributed by atoms with E-state index in [1.54, 1.807) is 12.5 Å². The van der Waals surface area contributed by atoms with Crippen LogP contribution in [0.25, 0.3) is 11.6 Å². The lowest BCUT2D eigenvalue weighted by Crippen LogP contribution is -2.59. The Bertz CT molecular complexity index is 1330. The molecule has 0 spiro atoms. The number of carbonyl (C=O) groups is 2. The molecule has 1 fully saturated rings. The van der Waals surface area contributed by atoms with Gasteiger partial charge < -0.3 is 15.5 Å². The molecule has 3 aromatic rings. The molecule has 0 atom stereocenters. The fraction of sp³-hybridized carbons (Fsp3) is 0.192. The zero-order valence-electron chi connectivity index (χ0n) is 19.3. The van der Waals surface area contributed by atoms with Crippen molar-refractivity contribution in [1.29, 1.82) is 0 Å². The lowest BCUT2D eigenvalue weighted by molar-refractivity contribution is -0.117. The fourth-order valence-electron chi connectivity index (χ4n) is 4.22. The fourth-order valence-corrected chi connectivity index (χ4v) is 4.22. The van der Waals surface area contributed by atoms with Crippen LogP contribution in [0.15, 0.2) is 61.6 Å². The van der Waals surface area contributed by atoms with E-state index in [2.05, 4.69) is 48.5 Å². The van der Waals surface area contributed by atoms with Crippen LogP contribution in [0.5, 0.6) is 0 Å². The number of amides is 3. The van der Waals surface area contributed by atoms with Gasteiger partial charge in [0.2, 0.25) is 5.91 Å². The zero-order valence-corrected chi connectivity index (χ0v) is 19.3. The number of fused-ring (bicyclic) bond motifs is 1. The molecule has 35 heavy (non-hydrogen) atoms. The first-order chi connectivity index (χ1) is 17.0. The van der Waals surface area contributed by atoms with E-state index in [-0.39, 0.29) is 18.0 Å². The van der Waals surface area contributed by atoms with Gasteiger partial charge in [0, 0.05) is 54.4 Å². The number of rotatable bonds is 6. The number of nitrogens with one attached hydrogen (secondary N) is 3. The molecule has 0 unspecified atom stereocenters. The first kappa shape index (κ1) is 22.3. The summed E-state index contributed by atoms with van der Waals surface area (Å²) in [5.74, 6) is 0.270. The van der Waals surface area contributed by atoms with Gasteiger partial charge in [-0.2, -0.15) is 0 Å². The second kappa shape index (κ2) is 9.38. The summed E-state index contributed by atoms with van der Waals surface area (Å²) in [6, 6.07) is 11.1. The zero-order chi connectivity index (χ0) is 24.4. The number of nitrogens with zero attached hydrogens (tertiary/aromatic N) is 4. The summed E-state index contributed by atoms with van der Waals surface area (Å²) in [5.41, 5.74) is 6.98. The Hall–Kier alpha value is -4.53. The van der Waals surface area contributed by atoms with Crippen LogP contribution in [0.2, 0.25) is 0 Å². The number of pyridine rings is 1. The maximum Gasteiger partial charge on any atom is 0.324 e. The smallest absolute Gasteiger partial charge is 0.324 e. The molecular weight excluding hydrogens is 442 g/mol. The van der Waals surface area contributed by atoms with Crippen LogP contribution in [-0.2, 0) is 11.2 Å². The highest BCUT2D eigenvalue weighted by Crippen LogP contribution is 2.32. The molecule has 2 aliphatic rings. The van der Waals surface area contributed by atoms with Crippen LogP contribution in [0.3, 0.4) is 0 Å². The van der Waals surface area contributed by atoms with Gasteiger partial charge in [0.05, 0.1) is 11.7 Å². The molecule has 176 valence electrons. The van der Waals surface area contributed by atoms with E-state index in [9.17, 15) is 9.59 Å². The Balaban J connectivity index is 1.16. The maximum atomic E-state index is 12.5. The first-order valence-electron chi connectivity index (χ1n) is 11.3. The van der Waals surface area contributed by atoms with Gasteiger partial charge in [-0.3, -0.25) is 10.1 Å². The molecule has 9 heteroatoms. The van der Waals surface area contributed by atoms with Crippen LogP contribution in [-0.4, -0.2) is 46.0 Å². The molecule has 0 bridgehead atoms. The van der Waals surface area contributed by atoms with E-state index in [4.69, 9.17) is 0 Å². The lowest BCUT2D eigenvalue weighted by Gasteiger charge is -2.41. The highest BCUT2D eigenvalue weighted by molar-refractivity contribution is 5.99. The number of carbonyl (C=O) groups excluding carboxylic acids is 2. The minimum atomic E-state index is -0.375. The Morgan fingerprint density at radius 2 is 1.89 bits per heavy atom. The normalized spacial score (nSPS) is 14.4. The number of aromatic nitrogens is 3. The van der Waals surface area contributed by atoms with Gasteiger partial charge in [0.1, 0.15) is 12.1 Å². The third-order valence-electron chi connectivity index (χ3n) is 6.12. The Kier molecular flexibility index (Phi) is 5.97. The Labute approximate surface area is 203 Å². The van der Waals surface area contributed by atoms with Crippen LogP contribution >= 0.6 is 0 Å². The van der Waals surface area contributed by atoms with Crippen molar-refractivity contribution in [2.24, 2.45) is 0 Å². The van der Waals surface area contributed by atoms with Crippen LogP contribution in [0.4, 0.5) is 22.0 Å². The molecule has 3 N–H and O–H groups in total. The number of hydrogen-bond acceptors (Lipinski definition) is 6. The number of allylic oxidation sites excluding steroid dienone is 1. The second-order valence-corrected chi connectivity index (χ2v) is 8.54. The molecule has 1 aliphatic heterocycles. The summed E-state index contributed by atoms with van der Waals surface area (Å²) in [4.78, 5) is 38.9. The van der Waals surface area contributed by atoms with Crippen molar-refractivity contribution in [3.8, 4) is 0 Å². The van der Waals surface area contributed by atoms with E-state index in [0.717, 1.165) is 34.6 Å². The van der Waals surface area contributed by atoms with Crippen molar-refractivity contribution in [3.05, 3.63) is 84.1 Å². The standard InChI is InChI=1S/C26H25N7O2/c1-3-25(34)30-20-13-33(14-20)21-8-9-27-24(12-21)32-26(35)31-19-6-4-17(5-7-19)18-10-22-16(2)28-15-29-23(22)11-18/h3-10,12,15,20H,1,11,13-14H2,2H3,(H,30,34)(H2,27,31,32,35). The molecule has 9 nitrogen and oxygen atoms in total. The average molecular weight is 468 g/mol. The summed E-state index contributed by atoms with van der Waals surface area (Å²) in [7, 11) is 0. The summed E-state index contributed by atoms with van der Waals surface area (Å²) in [6.07, 6.45) is 7.42. The Morgan fingerprint density at radius 3 is 2.63 bits per heavy atom. The SMILES string of the molecule is C=CC(=O)NC1CN(c2ccnc(NC(=O)Nc3ccc(C4=Cc5c(C)ncnc5C4)cc3)c2)C1. The van der Waals surface area contributed by atoms with E-state index in [0.29, 0.717) is 24.6 Å². The molecule has 1 aliphatic carbocycles. The number of aryl methyl sites for hydroxylation is 1. The van der Waals surface area contributed by atoms with Crippen molar-refractivity contribution in [2.75, 3.05) is 28.6 Å². The number of benzene rings is 1. The van der Waals surface area contributed by atoms with Gasteiger partial charge >= 0.3 is 6.03 Å². The third-order valence-corrected chi connectivity index (χ3v) is 6.12. The summed E-state index contributed by atoms with van der Waals surface area (Å²) in [6.45, 7) is 6.83. The van der Waals surface area contributed by atoms with E-state index in [1.807, 2.05) is 43.3 Å². The summed E-state index contributed by atoms with van der Waals surface area (Å²) < 4.78 is 0. The molecule has 3 heterocycles. The van der Waals surface area contributed by atoms with Crippen molar-refractivity contribution in [2.45, 2.75) is 19.4 Å². The van der Waals surface area contributed by atoms with Crippen molar-refractivity contribution in [3.63, 3.8) is 0 Å². The predicted octanol–water partition coefficient (Wildman–Crippen LogP) is 3.41. The molecule has 3 amide bonds. The van der Waals surface area contributed by atoms with Gasteiger partial charge in [-0.25, -0.2) is 19.7 Å². The number of urea groups is 1. The summed E-state index contributed by atoms with van der Waals surface area (Å²) >= 11 is 0. The minimum absolute atomic E-state index is 0.0856. The molecule has 1 saturated heterocycles. The van der Waals surface area contributed by atoms with Crippen molar-refractivity contribution < 1.29 is 9.59 Å². The molecule has 2 aromatic heterocycles. The molecule has 0 saturated carbocycles. The highest BCUT2D eigenvalue weighted by Gasteiger charge is 2.28. The quantitative estimate of drug-likeness (QED) is 0.479. The van der Waals surface area contributed by atoms with Crippen LogP contribution in [0, 0.1) is 6.92 Å². The molecule has 0 radical (unpaired) electrons. The predicted molar refractivity (Wildman–Crippen MR) is 136 cm³/mol. The second-order valence-electron chi connectivity index (χ2n) is 8.54. The average Bonchev–Trinajstić information content (AvgIpc) is 3.27. The largest absolute Gasteiger partial charge is 0.367 e. The van der Waals surface area contributed by atoms with Crippen LogP contribution < -0.4 is 20.9 Å². The van der Waals surface area contributed by atoms with Crippen molar-refractivity contribution >= 4 is 40.8 Å². The third kappa shape index (κ3) is 4.89. The van der Waals surface area contributed by atoms with E-state index in [1.165, 1.54) is 11.6 Å². The summed E-state index contributed by atoms with van der Waals surface area (Å²) in [5, 5.41) is 8.49. The number of hydrogen-bond donors (Lipinski definition) is 3. The maximum absolute atomic E-state index is 12.5. The Morgan fingerprint density at radius 1 is 1.09 bits per heavy atom. The first-order valence-corrected chi connectivity index (χ1v) is 11.3. The lowest BCUT2D eigenvalue weighted by atomic mass is 10.0. The van der Waals surface area contributed by atoms with Gasteiger partial charge in [-0.05, 0) is 48.4 Å². The highest BCUT2D eigenvalue weighted by atomic mass is 16.2. The molecule has 1 aromatic carbocycles. The molecular formula is C26H25N7O2. The number of anilines is 3. The minimum Gasteiger partial charge on any atom is -0.367 e. The van der Waals surface area contributed by atoms with Crippen molar-refractivity contribution in [1.82, 2.24) is 20.3 Å². The van der Waals surface area contributed by atoms with Gasteiger partial charge in [-0.15, -0.1) is 0 Å². The van der Waals surface area contributed by atoms with E-state index < -0.39 is 0 Å². The topological polar surface area (TPSA) is 112 Å². The van der Waals surface area contributed by atoms with Gasteiger partial charge in [-0.1, -0.05) is 18.7 Å². The van der Waals surface area contributed by atoms with Gasteiger partial charge in [0.25, 0.3) is 0 Å². The molecule has 5 rings (SSSR count). The van der Waals surface area contributed by atoms with Gasteiger partial charge in [0.15, 0.2) is 0 Å². The van der Waals surface area contributed by atoms with E-state index >= 15 is 0 Å². The van der Waals surface area contributed by atoms with Crippen LogP contribution in [0.1, 0.15) is 22.5 Å². The monoisotopic (exact) mass is 467 g/mol.